The molecular formula is C12H13BrN2O3S. The third kappa shape index (κ3) is 3.17. The predicted molar refractivity (Wildman–Crippen MR) is 75.9 cm³/mol. The van der Waals surface area contributed by atoms with Crippen molar-refractivity contribution >= 4 is 31.6 Å². The minimum absolute atomic E-state index is 0.165. The highest BCUT2D eigenvalue weighted by Gasteiger charge is 2.21. The zero-order chi connectivity index (χ0) is 14.0. The lowest BCUT2D eigenvalue weighted by molar-refractivity contribution is 0.398. The van der Waals surface area contributed by atoms with Gasteiger partial charge in [-0.3, -0.25) is 0 Å². The Hall–Kier alpha value is -1.31. The predicted octanol–water partition coefficient (Wildman–Crippen LogP) is 2.45. The van der Waals surface area contributed by atoms with E-state index in [2.05, 4.69) is 15.9 Å². The minimum atomic E-state index is -3.54. The average molecular weight is 345 g/mol. The van der Waals surface area contributed by atoms with Gasteiger partial charge in [-0.05, 0) is 52.3 Å². The van der Waals surface area contributed by atoms with Crippen molar-refractivity contribution in [3.8, 4) is 0 Å². The van der Waals surface area contributed by atoms with Crippen molar-refractivity contribution in [2.75, 3.05) is 12.8 Å². The maximum Gasteiger partial charge on any atom is 0.243 e. The molecule has 5 nitrogen and oxygen atoms in total. The lowest BCUT2D eigenvalue weighted by Gasteiger charge is -2.15. The second-order valence-electron chi connectivity index (χ2n) is 4.04. The van der Waals surface area contributed by atoms with Gasteiger partial charge in [0, 0.05) is 12.7 Å². The highest BCUT2D eigenvalue weighted by molar-refractivity contribution is 9.10. The molecule has 19 heavy (non-hydrogen) atoms. The molecule has 2 rings (SSSR count). The summed E-state index contributed by atoms with van der Waals surface area (Å²) in [6, 6.07) is 9.53. The Morgan fingerprint density at radius 3 is 2.37 bits per heavy atom. The number of furan rings is 1. The molecule has 0 radical (unpaired) electrons. The van der Waals surface area contributed by atoms with Crippen LogP contribution in [0.5, 0.6) is 0 Å². The van der Waals surface area contributed by atoms with E-state index in [-0.39, 0.29) is 11.4 Å². The Balaban J connectivity index is 2.21. The number of nitrogen functional groups attached to an aromatic ring is 1. The van der Waals surface area contributed by atoms with Gasteiger partial charge in [0.05, 0.1) is 11.4 Å². The second-order valence-corrected chi connectivity index (χ2v) is 6.86. The van der Waals surface area contributed by atoms with Crippen LogP contribution in [0.15, 0.2) is 50.4 Å². The van der Waals surface area contributed by atoms with Crippen molar-refractivity contribution in [2.24, 2.45) is 0 Å². The van der Waals surface area contributed by atoms with Gasteiger partial charge in [-0.15, -0.1) is 0 Å². The molecule has 0 fully saturated rings. The molecule has 0 saturated heterocycles. The smallest absolute Gasteiger partial charge is 0.243 e. The Kier molecular flexibility index (Phi) is 3.98. The molecule has 0 aliphatic rings. The third-order valence-corrected chi connectivity index (χ3v) is 4.84. The fourth-order valence-electron chi connectivity index (χ4n) is 1.56. The normalized spacial score (nSPS) is 11.9. The maximum absolute atomic E-state index is 12.3. The number of sulfonamides is 1. The molecule has 0 atom stereocenters. The molecule has 1 aromatic heterocycles. The van der Waals surface area contributed by atoms with Crippen LogP contribution in [0.2, 0.25) is 0 Å². The van der Waals surface area contributed by atoms with Gasteiger partial charge in [-0.25, -0.2) is 8.42 Å². The van der Waals surface area contributed by atoms with Gasteiger partial charge in [0.15, 0.2) is 4.67 Å². The second kappa shape index (κ2) is 5.36. The van der Waals surface area contributed by atoms with E-state index in [1.165, 1.54) is 23.5 Å². The topological polar surface area (TPSA) is 76.5 Å². The Bertz CT molecular complexity index is 665. The van der Waals surface area contributed by atoms with E-state index < -0.39 is 10.0 Å². The number of benzene rings is 1. The number of nitrogens with two attached hydrogens (primary N) is 1. The molecule has 7 heteroatoms. The highest BCUT2D eigenvalue weighted by Crippen LogP contribution is 2.20. The van der Waals surface area contributed by atoms with Gasteiger partial charge in [-0.2, -0.15) is 4.31 Å². The summed E-state index contributed by atoms with van der Waals surface area (Å²) in [5.74, 6) is 0.563. The summed E-state index contributed by atoms with van der Waals surface area (Å²) in [4.78, 5) is 0.204. The van der Waals surface area contributed by atoms with Gasteiger partial charge < -0.3 is 10.2 Å². The van der Waals surface area contributed by atoms with Crippen LogP contribution in [-0.2, 0) is 16.6 Å². The van der Waals surface area contributed by atoms with E-state index in [1.54, 1.807) is 24.3 Å². The minimum Gasteiger partial charge on any atom is -0.453 e. The van der Waals surface area contributed by atoms with Crippen LogP contribution in [0.1, 0.15) is 5.76 Å². The molecule has 2 N–H and O–H groups in total. The molecule has 0 saturated carbocycles. The summed E-state index contributed by atoms with van der Waals surface area (Å²) < 4.78 is 31.7. The van der Waals surface area contributed by atoms with Crippen LogP contribution < -0.4 is 5.73 Å². The molecule has 0 amide bonds. The summed E-state index contributed by atoms with van der Waals surface area (Å²) >= 11 is 3.18. The molecule has 102 valence electrons. The molecule has 0 aliphatic heterocycles. The van der Waals surface area contributed by atoms with Crippen LogP contribution in [0, 0.1) is 0 Å². The summed E-state index contributed by atoms with van der Waals surface area (Å²) in [6.45, 7) is 0.165. The van der Waals surface area contributed by atoms with Crippen LogP contribution in [0.25, 0.3) is 0 Å². The summed E-state index contributed by atoms with van der Waals surface area (Å²) in [5.41, 5.74) is 6.07. The Morgan fingerprint density at radius 1 is 1.21 bits per heavy atom. The van der Waals surface area contributed by atoms with Crippen LogP contribution in [0.4, 0.5) is 5.69 Å². The van der Waals surface area contributed by atoms with Crippen LogP contribution >= 0.6 is 15.9 Å². The van der Waals surface area contributed by atoms with Gasteiger partial charge in [0.25, 0.3) is 0 Å². The van der Waals surface area contributed by atoms with Crippen molar-refractivity contribution in [3.63, 3.8) is 0 Å². The zero-order valence-electron chi connectivity index (χ0n) is 10.2. The van der Waals surface area contributed by atoms with Gasteiger partial charge in [0.1, 0.15) is 5.76 Å². The molecule has 0 aliphatic carbocycles. The van der Waals surface area contributed by atoms with E-state index >= 15 is 0 Å². The van der Waals surface area contributed by atoms with Crippen LogP contribution in [-0.4, -0.2) is 19.8 Å². The Morgan fingerprint density at radius 2 is 1.84 bits per heavy atom. The largest absolute Gasteiger partial charge is 0.453 e. The molecule has 1 aromatic carbocycles. The van der Waals surface area contributed by atoms with E-state index in [0.29, 0.717) is 16.1 Å². The van der Waals surface area contributed by atoms with E-state index in [1.807, 2.05) is 0 Å². The number of hydrogen-bond acceptors (Lipinski definition) is 4. The van der Waals surface area contributed by atoms with E-state index in [4.69, 9.17) is 10.2 Å². The first-order chi connectivity index (χ1) is 8.89. The number of halogens is 1. The van der Waals surface area contributed by atoms with Crippen molar-refractivity contribution < 1.29 is 12.8 Å². The van der Waals surface area contributed by atoms with Crippen LogP contribution in [0.3, 0.4) is 0 Å². The Labute approximate surface area is 120 Å². The lowest BCUT2D eigenvalue weighted by atomic mass is 10.3. The average Bonchev–Trinajstić information content (AvgIpc) is 2.75. The van der Waals surface area contributed by atoms with E-state index in [9.17, 15) is 8.42 Å². The first kappa shape index (κ1) is 14.1. The van der Waals surface area contributed by atoms with Gasteiger partial charge in [0.2, 0.25) is 10.0 Å². The summed E-state index contributed by atoms with van der Waals surface area (Å²) in [7, 11) is -2.04. The maximum atomic E-state index is 12.3. The summed E-state index contributed by atoms with van der Waals surface area (Å²) in [6.07, 6.45) is 0. The molecule has 1 heterocycles. The lowest BCUT2D eigenvalue weighted by Crippen LogP contribution is -2.26. The molecular weight excluding hydrogens is 332 g/mol. The number of anilines is 1. The third-order valence-electron chi connectivity index (χ3n) is 2.60. The van der Waals surface area contributed by atoms with Crippen molar-refractivity contribution in [1.29, 1.82) is 0 Å². The fourth-order valence-corrected chi connectivity index (χ4v) is 3.04. The SMILES string of the molecule is CN(Cc1ccc(Br)o1)S(=O)(=O)c1ccc(N)cc1. The summed E-state index contributed by atoms with van der Waals surface area (Å²) in [5, 5.41) is 0. The first-order valence-corrected chi connectivity index (χ1v) is 7.69. The molecule has 2 aromatic rings. The highest BCUT2D eigenvalue weighted by atomic mass is 79.9. The molecule has 0 bridgehead atoms. The van der Waals surface area contributed by atoms with Gasteiger partial charge >= 0.3 is 0 Å². The standard InChI is InChI=1S/C12H13BrN2O3S/c1-15(8-10-4-7-12(13)18-10)19(16,17)11-5-2-9(14)3-6-11/h2-7H,8,14H2,1H3. The zero-order valence-corrected chi connectivity index (χ0v) is 12.6. The number of rotatable bonds is 4. The van der Waals surface area contributed by atoms with E-state index in [0.717, 1.165) is 0 Å². The van der Waals surface area contributed by atoms with Crippen molar-refractivity contribution in [3.05, 3.63) is 46.8 Å². The monoisotopic (exact) mass is 344 g/mol. The quantitative estimate of drug-likeness (QED) is 0.864. The number of hydrogen-bond donors (Lipinski definition) is 1. The molecule has 0 spiro atoms. The first-order valence-electron chi connectivity index (χ1n) is 5.45. The molecule has 0 unspecified atom stereocenters. The number of nitrogens with zero attached hydrogens (tertiary/aromatic N) is 1. The van der Waals surface area contributed by atoms with Crippen molar-refractivity contribution in [1.82, 2.24) is 4.31 Å². The van der Waals surface area contributed by atoms with Gasteiger partial charge in [-0.1, -0.05) is 0 Å². The van der Waals surface area contributed by atoms with Crippen molar-refractivity contribution in [2.45, 2.75) is 11.4 Å². The fraction of sp³-hybridized carbons (Fsp3) is 0.167.